The molecule has 9 heteroatoms. The Morgan fingerprint density at radius 3 is 2.56 bits per heavy atom. The monoisotopic (exact) mass is 483 g/mol. The number of hydrogen-bond acceptors (Lipinski definition) is 6. The summed E-state index contributed by atoms with van der Waals surface area (Å²) >= 11 is 1.43. The molecule has 2 fully saturated rings. The van der Waals surface area contributed by atoms with Gasteiger partial charge in [0, 0.05) is 19.3 Å². The van der Waals surface area contributed by atoms with E-state index in [0.29, 0.717) is 48.8 Å². The Morgan fingerprint density at radius 2 is 1.97 bits per heavy atom. The average molecular weight is 484 g/mol. The lowest BCUT2D eigenvalue weighted by molar-refractivity contribution is -0.134. The second-order valence-electron chi connectivity index (χ2n) is 9.76. The Labute approximate surface area is 204 Å². The number of piperidine rings is 1. The molecule has 2 saturated heterocycles. The molecule has 2 aliphatic rings. The van der Waals surface area contributed by atoms with Crippen LogP contribution in [0.5, 0.6) is 0 Å². The lowest BCUT2D eigenvalue weighted by Gasteiger charge is -2.41. The van der Waals surface area contributed by atoms with Crippen molar-refractivity contribution in [1.82, 2.24) is 25.1 Å². The van der Waals surface area contributed by atoms with E-state index in [0.717, 1.165) is 17.1 Å². The van der Waals surface area contributed by atoms with Gasteiger partial charge < -0.3 is 10.2 Å². The van der Waals surface area contributed by atoms with Crippen molar-refractivity contribution < 1.29 is 14.4 Å². The van der Waals surface area contributed by atoms with E-state index in [4.69, 9.17) is 0 Å². The minimum absolute atomic E-state index is 0.0105. The molecule has 1 N–H and O–H groups in total. The number of aromatic nitrogens is 2. The molecule has 0 aliphatic carbocycles. The molecule has 1 atom stereocenters. The van der Waals surface area contributed by atoms with E-state index in [9.17, 15) is 14.4 Å². The van der Waals surface area contributed by atoms with E-state index in [1.54, 1.807) is 6.20 Å². The second kappa shape index (κ2) is 9.82. The lowest BCUT2D eigenvalue weighted by Crippen LogP contribution is -2.56. The van der Waals surface area contributed by atoms with E-state index in [1.807, 2.05) is 36.9 Å². The van der Waals surface area contributed by atoms with Gasteiger partial charge in [-0.1, -0.05) is 19.9 Å². The highest BCUT2D eigenvalue weighted by atomic mass is 32.1. The summed E-state index contributed by atoms with van der Waals surface area (Å²) in [6.07, 6.45) is 4.44. The molecule has 0 spiro atoms. The van der Waals surface area contributed by atoms with Crippen molar-refractivity contribution in [2.24, 2.45) is 11.8 Å². The Kier molecular flexibility index (Phi) is 7.02. The number of rotatable bonds is 7. The van der Waals surface area contributed by atoms with Crippen molar-refractivity contribution in [2.75, 3.05) is 13.1 Å². The fourth-order valence-corrected chi connectivity index (χ4v) is 5.95. The molecule has 4 amide bonds. The summed E-state index contributed by atoms with van der Waals surface area (Å²) in [7, 11) is 0. The van der Waals surface area contributed by atoms with Crippen LogP contribution in [-0.4, -0.2) is 56.2 Å². The molecular weight excluding hydrogens is 450 g/mol. The summed E-state index contributed by atoms with van der Waals surface area (Å²) in [5.74, 6) is 0.231. The fraction of sp³-hybridized carbons (Fsp3) is 0.560. The van der Waals surface area contributed by atoms with E-state index in [-0.39, 0.29) is 30.3 Å². The molecule has 0 bridgehead atoms. The van der Waals surface area contributed by atoms with Crippen LogP contribution in [0.2, 0.25) is 0 Å². The normalized spacial score (nSPS) is 21.4. The number of urea groups is 1. The molecule has 34 heavy (non-hydrogen) atoms. The van der Waals surface area contributed by atoms with E-state index >= 15 is 0 Å². The predicted octanol–water partition coefficient (Wildman–Crippen LogP) is 3.93. The zero-order valence-corrected chi connectivity index (χ0v) is 21.2. The highest BCUT2D eigenvalue weighted by molar-refractivity contribution is 7.13. The van der Waals surface area contributed by atoms with Gasteiger partial charge in [-0.25, -0.2) is 9.78 Å². The lowest BCUT2D eigenvalue weighted by atomic mass is 9.73. The van der Waals surface area contributed by atoms with Crippen molar-refractivity contribution >= 4 is 29.2 Å². The average Bonchev–Trinajstić information content (AvgIpc) is 3.28. The van der Waals surface area contributed by atoms with E-state index in [2.05, 4.69) is 29.1 Å². The van der Waals surface area contributed by atoms with Gasteiger partial charge >= 0.3 is 6.03 Å². The Hall–Kier alpha value is -2.81. The first-order valence-electron chi connectivity index (χ1n) is 12.0. The molecule has 0 radical (unpaired) electrons. The van der Waals surface area contributed by atoms with E-state index < -0.39 is 5.54 Å². The summed E-state index contributed by atoms with van der Waals surface area (Å²) in [4.78, 5) is 52.4. The molecule has 4 heterocycles. The molecule has 2 aromatic heterocycles. The van der Waals surface area contributed by atoms with Gasteiger partial charge in [0.25, 0.3) is 11.8 Å². The Bertz CT molecular complexity index is 1060. The summed E-state index contributed by atoms with van der Waals surface area (Å²) < 4.78 is 0. The number of pyridine rings is 1. The third-order valence-electron chi connectivity index (χ3n) is 6.94. The van der Waals surface area contributed by atoms with Crippen molar-refractivity contribution in [3.05, 3.63) is 45.7 Å². The number of nitrogens with zero attached hydrogens (tertiary/aromatic N) is 4. The number of hydrogen-bond donors (Lipinski definition) is 1. The van der Waals surface area contributed by atoms with Gasteiger partial charge in [0.05, 0.1) is 22.9 Å². The van der Waals surface area contributed by atoms with Crippen LogP contribution in [0.4, 0.5) is 4.79 Å². The highest BCUT2D eigenvalue weighted by Crippen LogP contribution is 2.38. The van der Waals surface area contributed by atoms with Crippen molar-refractivity contribution in [1.29, 1.82) is 0 Å². The Balaban J connectivity index is 1.51. The number of thiazole rings is 1. The molecular formula is C25H33N5O3S. The summed E-state index contributed by atoms with van der Waals surface area (Å²) in [6.45, 7) is 9.32. The second-order valence-corrected chi connectivity index (χ2v) is 11.0. The first-order chi connectivity index (χ1) is 16.2. The van der Waals surface area contributed by atoms with Crippen LogP contribution in [0.1, 0.15) is 65.6 Å². The largest absolute Gasteiger partial charge is 0.338 e. The SMILES string of the molecule is Cc1nc(C)c(C(=O)N2CCC(C3(CCC(C)C)NC(=O)N(Cc4ccccn4)C3=O)CC2)s1. The van der Waals surface area contributed by atoms with Crippen LogP contribution >= 0.6 is 11.3 Å². The standard InChI is InChI=1S/C25H33N5O3S/c1-16(2)8-11-25(23(32)30(24(33)28-25)15-20-7-5-6-12-26-20)19-9-13-29(14-10-19)22(31)21-17(3)27-18(4)34-21/h5-7,12,16,19H,8-11,13-15H2,1-4H3,(H,28,33). The third-order valence-corrected chi connectivity index (χ3v) is 8.00. The number of carbonyl (C=O) groups excluding carboxylic acids is 3. The first kappa shape index (κ1) is 24.3. The van der Waals surface area contributed by atoms with Gasteiger partial charge in [0.1, 0.15) is 10.4 Å². The molecule has 0 aromatic carbocycles. The van der Waals surface area contributed by atoms with Crippen LogP contribution < -0.4 is 5.32 Å². The maximum Gasteiger partial charge on any atom is 0.325 e. The summed E-state index contributed by atoms with van der Waals surface area (Å²) in [6, 6.07) is 5.13. The maximum atomic E-state index is 13.8. The number of likely N-dealkylation sites (tertiary alicyclic amines) is 1. The molecule has 1 unspecified atom stereocenters. The van der Waals surface area contributed by atoms with Crippen LogP contribution in [0.15, 0.2) is 24.4 Å². The van der Waals surface area contributed by atoms with E-state index in [1.165, 1.54) is 16.2 Å². The van der Waals surface area contributed by atoms with Crippen LogP contribution in [-0.2, 0) is 11.3 Å². The summed E-state index contributed by atoms with van der Waals surface area (Å²) in [5.41, 5.74) is 0.523. The Morgan fingerprint density at radius 1 is 1.24 bits per heavy atom. The molecule has 2 aliphatic heterocycles. The summed E-state index contributed by atoms with van der Waals surface area (Å²) in [5, 5.41) is 3.98. The fourth-order valence-electron chi connectivity index (χ4n) is 5.06. The zero-order chi connectivity index (χ0) is 24.5. The minimum atomic E-state index is -0.928. The number of aryl methyl sites for hydroxylation is 2. The minimum Gasteiger partial charge on any atom is -0.338 e. The van der Waals surface area contributed by atoms with Crippen molar-refractivity contribution in [3.63, 3.8) is 0 Å². The quantitative estimate of drug-likeness (QED) is 0.602. The van der Waals surface area contributed by atoms with Crippen LogP contribution in [0.3, 0.4) is 0 Å². The van der Waals surface area contributed by atoms with Gasteiger partial charge in [-0.15, -0.1) is 11.3 Å². The van der Waals surface area contributed by atoms with Crippen molar-refractivity contribution in [2.45, 2.75) is 65.5 Å². The maximum absolute atomic E-state index is 13.8. The third kappa shape index (κ3) is 4.71. The highest BCUT2D eigenvalue weighted by Gasteiger charge is 2.55. The molecule has 182 valence electrons. The van der Waals surface area contributed by atoms with Gasteiger partial charge in [0.2, 0.25) is 0 Å². The number of carbonyl (C=O) groups is 3. The van der Waals surface area contributed by atoms with Crippen LogP contribution in [0.25, 0.3) is 0 Å². The molecule has 0 saturated carbocycles. The number of imide groups is 1. The van der Waals surface area contributed by atoms with Crippen molar-refractivity contribution in [3.8, 4) is 0 Å². The van der Waals surface area contributed by atoms with Gasteiger partial charge in [-0.05, 0) is 63.5 Å². The van der Waals surface area contributed by atoms with Gasteiger partial charge in [-0.2, -0.15) is 0 Å². The van der Waals surface area contributed by atoms with Crippen LogP contribution in [0, 0.1) is 25.7 Å². The molecule has 2 aromatic rings. The van der Waals surface area contributed by atoms with Gasteiger partial charge in [0.15, 0.2) is 0 Å². The first-order valence-corrected chi connectivity index (χ1v) is 12.8. The topological polar surface area (TPSA) is 95.5 Å². The van der Waals surface area contributed by atoms with Gasteiger partial charge in [-0.3, -0.25) is 19.5 Å². The zero-order valence-electron chi connectivity index (χ0n) is 20.3. The molecule has 4 rings (SSSR count). The number of nitrogens with one attached hydrogen (secondary N) is 1. The predicted molar refractivity (Wildman–Crippen MR) is 130 cm³/mol. The number of amides is 4. The molecule has 8 nitrogen and oxygen atoms in total. The smallest absolute Gasteiger partial charge is 0.325 e.